The molecular formula is C20H28N6O6. The van der Waals surface area contributed by atoms with Gasteiger partial charge in [0, 0.05) is 37.4 Å². The number of nitro groups is 2. The molecule has 0 aromatic carbocycles. The van der Waals surface area contributed by atoms with E-state index in [0.717, 1.165) is 38.5 Å². The molecule has 0 atom stereocenters. The Kier molecular flexibility index (Phi) is 9.88. The topological polar surface area (TPSA) is 155 Å². The summed E-state index contributed by atoms with van der Waals surface area (Å²) in [6.07, 6.45) is 5.70. The minimum Gasteiger partial charge on any atom is -0.481 e. The van der Waals surface area contributed by atoms with Gasteiger partial charge in [0.2, 0.25) is 23.4 Å². The summed E-state index contributed by atoms with van der Waals surface area (Å²) in [5, 5.41) is 28.2. The van der Waals surface area contributed by atoms with E-state index >= 15 is 0 Å². The Bertz CT molecular complexity index is 837. The van der Waals surface area contributed by atoms with Crippen LogP contribution in [0.15, 0.2) is 24.3 Å². The first-order valence-corrected chi connectivity index (χ1v) is 10.3. The van der Waals surface area contributed by atoms with Gasteiger partial charge in [-0.05, 0) is 12.8 Å². The quantitative estimate of drug-likeness (QED) is 0.230. The molecule has 0 aliphatic rings. The van der Waals surface area contributed by atoms with E-state index in [1.54, 1.807) is 0 Å². The number of hydrogen-bond acceptors (Lipinski definition) is 10. The second kappa shape index (κ2) is 12.9. The molecule has 0 bridgehead atoms. The Morgan fingerprint density at radius 2 is 1.09 bits per heavy atom. The van der Waals surface area contributed by atoms with Gasteiger partial charge >= 0.3 is 11.4 Å². The van der Waals surface area contributed by atoms with Gasteiger partial charge in [-0.2, -0.15) is 9.97 Å². The molecule has 32 heavy (non-hydrogen) atoms. The summed E-state index contributed by atoms with van der Waals surface area (Å²) in [6, 6.07) is 5.66. The first-order valence-electron chi connectivity index (χ1n) is 10.3. The Morgan fingerprint density at radius 1 is 0.719 bits per heavy atom. The number of ether oxygens (including phenoxy) is 2. The van der Waals surface area contributed by atoms with E-state index in [1.807, 2.05) is 0 Å². The van der Waals surface area contributed by atoms with Crippen molar-refractivity contribution in [1.82, 2.24) is 9.97 Å². The molecule has 2 rings (SSSR count). The van der Waals surface area contributed by atoms with E-state index < -0.39 is 9.85 Å². The molecule has 0 fully saturated rings. The molecule has 12 nitrogen and oxygen atoms in total. The van der Waals surface area contributed by atoms with Crippen LogP contribution in [0.1, 0.15) is 38.5 Å². The van der Waals surface area contributed by atoms with Crippen molar-refractivity contribution in [1.29, 1.82) is 0 Å². The molecule has 0 aliphatic carbocycles. The van der Waals surface area contributed by atoms with Crippen LogP contribution in [0.25, 0.3) is 0 Å². The van der Waals surface area contributed by atoms with Gasteiger partial charge < -0.3 is 20.1 Å². The van der Waals surface area contributed by atoms with Gasteiger partial charge in [0.15, 0.2) is 0 Å². The Labute approximate surface area is 185 Å². The Hall–Kier alpha value is -3.70. The molecule has 0 unspecified atom stereocenters. The first kappa shape index (κ1) is 24.6. The van der Waals surface area contributed by atoms with Gasteiger partial charge in [-0.15, -0.1) is 0 Å². The zero-order valence-electron chi connectivity index (χ0n) is 18.2. The number of nitrogens with zero attached hydrogens (tertiary/aromatic N) is 4. The van der Waals surface area contributed by atoms with Crippen molar-refractivity contribution in [3.63, 3.8) is 0 Å². The number of nitrogens with one attached hydrogen (secondary N) is 2. The minimum atomic E-state index is -0.474. The monoisotopic (exact) mass is 448 g/mol. The largest absolute Gasteiger partial charge is 0.481 e. The average molecular weight is 448 g/mol. The lowest BCUT2D eigenvalue weighted by molar-refractivity contribution is -0.384. The highest BCUT2D eigenvalue weighted by Crippen LogP contribution is 2.26. The van der Waals surface area contributed by atoms with Gasteiger partial charge in [0.05, 0.1) is 24.1 Å². The van der Waals surface area contributed by atoms with Gasteiger partial charge in [-0.1, -0.05) is 25.7 Å². The maximum Gasteiger partial charge on any atom is 0.311 e. The number of aromatic nitrogens is 2. The lowest BCUT2D eigenvalue weighted by Crippen LogP contribution is -2.07. The number of methoxy groups -OCH3 is 2. The molecule has 2 N–H and O–H groups in total. The molecular weight excluding hydrogens is 420 g/mol. The summed E-state index contributed by atoms with van der Waals surface area (Å²) in [5.74, 6) is 1.06. The molecule has 2 aromatic heterocycles. The summed E-state index contributed by atoms with van der Waals surface area (Å²) >= 11 is 0. The van der Waals surface area contributed by atoms with Crippen molar-refractivity contribution in [2.45, 2.75) is 38.5 Å². The molecule has 0 amide bonds. The van der Waals surface area contributed by atoms with Crippen molar-refractivity contribution < 1.29 is 19.3 Å². The van der Waals surface area contributed by atoms with Gasteiger partial charge in [-0.3, -0.25) is 20.2 Å². The fourth-order valence-corrected chi connectivity index (χ4v) is 3.02. The normalized spacial score (nSPS) is 10.4. The molecule has 2 heterocycles. The lowest BCUT2D eigenvalue weighted by atomic mass is 10.1. The van der Waals surface area contributed by atoms with Crippen LogP contribution in [-0.2, 0) is 0 Å². The maximum absolute atomic E-state index is 11.1. The highest BCUT2D eigenvalue weighted by atomic mass is 16.6. The Morgan fingerprint density at radius 3 is 1.44 bits per heavy atom. The van der Waals surface area contributed by atoms with Crippen LogP contribution in [0, 0.1) is 20.2 Å². The van der Waals surface area contributed by atoms with Crippen LogP contribution in [0.5, 0.6) is 11.8 Å². The number of hydrogen-bond donors (Lipinski definition) is 2. The van der Waals surface area contributed by atoms with Crippen LogP contribution in [0.2, 0.25) is 0 Å². The lowest BCUT2D eigenvalue weighted by Gasteiger charge is -2.08. The third-order valence-corrected chi connectivity index (χ3v) is 4.70. The third-order valence-electron chi connectivity index (χ3n) is 4.70. The van der Waals surface area contributed by atoms with Crippen LogP contribution in [0.4, 0.5) is 23.0 Å². The van der Waals surface area contributed by atoms with Crippen LogP contribution in [0.3, 0.4) is 0 Å². The second-order valence-electron chi connectivity index (χ2n) is 6.93. The van der Waals surface area contributed by atoms with E-state index in [-0.39, 0.29) is 23.0 Å². The number of anilines is 2. The number of pyridine rings is 2. The van der Waals surface area contributed by atoms with Crippen molar-refractivity contribution in [2.24, 2.45) is 0 Å². The van der Waals surface area contributed by atoms with E-state index in [4.69, 9.17) is 9.47 Å². The summed E-state index contributed by atoms with van der Waals surface area (Å²) in [7, 11) is 2.92. The van der Waals surface area contributed by atoms with E-state index in [2.05, 4.69) is 20.6 Å². The number of unbranched alkanes of at least 4 members (excludes halogenated alkanes) is 5. The fraction of sp³-hybridized carbons (Fsp3) is 0.500. The van der Waals surface area contributed by atoms with Crippen molar-refractivity contribution >= 4 is 23.0 Å². The molecule has 0 spiro atoms. The fourth-order valence-electron chi connectivity index (χ4n) is 3.02. The minimum absolute atomic E-state index is 0.0796. The van der Waals surface area contributed by atoms with E-state index in [1.165, 1.54) is 38.5 Å². The maximum atomic E-state index is 11.1. The molecule has 0 radical (unpaired) electrons. The van der Waals surface area contributed by atoms with Crippen LogP contribution >= 0.6 is 0 Å². The van der Waals surface area contributed by atoms with Gasteiger partial charge in [-0.25, -0.2) is 0 Å². The molecule has 0 saturated carbocycles. The summed E-state index contributed by atoms with van der Waals surface area (Å²) in [6.45, 7) is 1.15. The zero-order chi connectivity index (χ0) is 23.3. The van der Waals surface area contributed by atoms with Gasteiger partial charge in [0.25, 0.3) is 0 Å². The highest BCUT2D eigenvalue weighted by Gasteiger charge is 2.16. The Balaban J connectivity index is 1.62. The van der Waals surface area contributed by atoms with Crippen molar-refractivity contribution in [3.05, 3.63) is 44.5 Å². The molecule has 0 aliphatic heterocycles. The first-order chi connectivity index (χ1) is 15.5. The zero-order valence-corrected chi connectivity index (χ0v) is 18.2. The molecule has 174 valence electrons. The molecule has 12 heteroatoms. The predicted octanol–water partition coefficient (Wildman–Crippen LogP) is 4.17. The van der Waals surface area contributed by atoms with E-state index in [0.29, 0.717) is 24.8 Å². The molecule has 0 saturated heterocycles. The highest BCUT2D eigenvalue weighted by molar-refractivity contribution is 5.57. The SMILES string of the molecule is COc1ccc([N+](=O)[O-])c(NCCCCCCCCNc2nc(OC)ccc2[N+](=O)[O-])n1. The van der Waals surface area contributed by atoms with E-state index in [9.17, 15) is 20.2 Å². The average Bonchev–Trinajstić information content (AvgIpc) is 2.79. The predicted molar refractivity (Wildman–Crippen MR) is 120 cm³/mol. The molecule has 2 aromatic rings. The van der Waals surface area contributed by atoms with Gasteiger partial charge in [0.1, 0.15) is 0 Å². The van der Waals surface area contributed by atoms with Crippen molar-refractivity contribution in [2.75, 3.05) is 37.9 Å². The summed E-state index contributed by atoms with van der Waals surface area (Å²) in [4.78, 5) is 29.4. The van der Waals surface area contributed by atoms with Crippen LogP contribution < -0.4 is 20.1 Å². The smallest absolute Gasteiger partial charge is 0.311 e. The standard InChI is InChI=1S/C20H28N6O6/c1-31-17-11-9-15(25(27)28)19(23-17)21-13-7-5-3-4-6-8-14-22-20-16(26(29)30)10-12-18(24-20)32-2/h9-12H,3-8,13-14H2,1-2H3,(H,21,23)(H,22,24). The summed E-state index contributed by atoms with van der Waals surface area (Å²) in [5.41, 5.74) is -0.159. The van der Waals surface area contributed by atoms with Crippen LogP contribution in [-0.4, -0.2) is 47.1 Å². The second-order valence-corrected chi connectivity index (χ2v) is 6.93. The number of rotatable bonds is 15. The van der Waals surface area contributed by atoms with Crippen molar-refractivity contribution in [3.8, 4) is 11.8 Å². The third kappa shape index (κ3) is 7.52. The summed E-state index contributed by atoms with van der Waals surface area (Å²) < 4.78 is 10.0.